The van der Waals surface area contributed by atoms with Crippen LogP contribution in [0.2, 0.25) is 0 Å². The first-order valence-electron chi connectivity index (χ1n) is 5.88. The van der Waals surface area contributed by atoms with Crippen molar-refractivity contribution in [2.75, 3.05) is 0 Å². The van der Waals surface area contributed by atoms with Gasteiger partial charge in [0.2, 0.25) is 0 Å². The number of hydrogen-bond acceptors (Lipinski definition) is 2. The number of rotatable bonds is 6. The molecule has 15 heavy (non-hydrogen) atoms. The van der Waals surface area contributed by atoms with Crippen molar-refractivity contribution in [1.29, 1.82) is 0 Å². The van der Waals surface area contributed by atoms with Crippen LogP contribution in [0.1, 0.15) is 44.0 Å². The van der Waals surface area contributed by atoms with Crippen LogP contribution in [0.5, 0.6) is 0 Å². The third kappa shape index (κ3) is 4.04. The van der Waals surface area contributed by atoms with Gasteiger partial charge in [-0.1, -0.05) is 26.2 Å². The summed E-state index contributed by atoms with van der Waals surface area (Å²) in [5.74, 6) is 0. The van der Waals surface area contributed by atoms with Gasteiger partial charge >= 0.3 is 0 Å². The number of nitrogens with two attached hydrogens (primary N) is 1. The zero-order valence-electron chi connectivity index (χ0n) is 10.2. The van der Waals surface area contributed by atoms with Crippen LogP contribution in [0.15, 0.2) is 6.07 Å². The average Bonchev–Trinajstić information content (AvgIpc) is 2.45. The number of aryl methyl sites for hydroxylation is 2. The molecule has 0 aliphatic carbocycles. The number of hydrogen-bond donors (Lipinski definition) is 1. The largest absolute Gasteiger partial charge is 0.327 e. The van der Waals surface area contributed by atoms with E-state index in [1.807, 2.05) is 18.7 Å². The summed E-state index contributed by atoms with van der Waals surface area (Å²) >= 11 is 0. The van der Waals surface area contributed by atoms with Crippen LogP contribution in [0.25, 0.3) is 0 Å². The lowest BCUT2D eigenvalue weighted by Gasteiger charge is -2.10. The molecule has 0 bridgehead atoms. The molecule has 1 atom stereocenters. The first-order chi connectivity index (χ1) is 7.13. The van der Waals surface area contributed by atoms with E-state index in [-0.39, 0.29) is 6.04 Å². The molecule has 0 spiro atoms. The minimum atomic E-state index is 0.284. The summed E-state index contributed by atoms with van der Waals surface area (Å²) in [6.07, 6.45) is 5.86. The van der Waals surface area contributed by atoms with E-state index in [4.69, 9.17) is 5.73 Å². The van der Waals surface area contributed by atoms with E-state index in [2.05, 4.69) is 18.1 Å². The van der Waals surface area contributed by atoms with Gasteiger partial charge in [-0.25, -0.2) is 0 Å². The molecule has 1 rings (SSSR count). The second-order valence-corrected chi connectivity index (χ2v) is 4.36. The Morgan fingerprint density at radius 3 is 2.73 bits per heavy atom. The molecule has 1 heterocycles. The minimum Gasteiger partial charge on any atom is -0.327 e. The first-order valence-corrected chi connectivity index (χ1v) is 5.88. The van der Waals surface area contributed by atoms with Gasteiger partial charge in [-0.2, -0.15) is 5.10 Å². The van der Waals surface area contributed by atoms with Crippen LogP contribution in [-0.4, -0.2) is 15.8 Å². The lowest BCUT2D eigenvalue weighted by atomic mass is 10.0. The lowest BCUT2D eigenvalue weighted by Crippen LogP contribution is -2.23. The van der Waals surface area contributed by atoms with E-state index in [1.165, 1.54) is 25.0 Å². The fraction of sp³-hybridized carbons (Fsp3) is 0.750. The van der Waals surface area contributed by atoms with Gasteiger partial charge in [0.1, 0.15) is 0 Å². The van der Waals surface area contributed by atoms with Crippen molar-refractivity contribution in [3.8, 4) is 0 Å². The summed E-state index contributed by atoms with van der Waals surface area (Å²) in [6, 6.07) is 2.41. The van der Waals surface area contributed by atoms with Gasteiger partial charge in [-0.05, 0) is 19.4 Å². The first kappa shape index (κ1) is 12.2. The Hall–Kier alpha value is -0.830. The molecule has 3 nitrogen and oxygen atoms in total. The van der Waals surface area contributed by atoms with Gasteiger partial charge in [-0.3, -0.25) is 4.68 Å². The third-order valence-electron chi connectivity index (χ3n) is 2.75. The van der Waals surface area contributed by atoms with Crippen LogP contribution in [-0.2, 0) is 13.5 Å². The van der Waals surface area contributed by atoms with Crippen molar-refractivity contribution >= 4 is 0 Å². The summed E-state index contributed by atoms with van der Waals surface area (Å²) in [6.45, 7) is 4.24. The quantitative estimate of drug-likeness (QED) is 0.730. The highest BCUT2D eigenvalue weighted by atomic mass is 15.3. The number of unbranched alkanes of at least 4 members (excludes halogenated alkanes) is 2. The van der Waals surface area contributed by atoms with Crippen molar-refractivity contribution in [3.63, 3.8) is 0 Å². The maximum atomic E-state index is 6.08. The summed E-state index contributed by atoms with van der Waals surface area (Å²) in [7, 11) is 1.99. The van der Waals surface area contributed by atoms with Crippen molar-refractivity contribution in [1.82, 2.24) is 9.78 Å². The molecular weight excluding hydrogens is 186 g/mol. The molecule has 1 unspecified atom stereocenters. The molecule has 1 aromatic rings. The molecule has 0 aliphatic heterocycles. The monoisotopic (exact) mass is 209 g/mol. The van der Waals surface area contributed by atoms with E-state index in [9.17, 15) is 0 Å². The van der Waals surface area contributed by atoms with E-state index in [1.54, 1.807) is 0 Å². The predicted molar refractivity (Wildman–Crippen MR) is 63.8 cm³/mol. The van der Waals surface area contributed by atoms with Gasteiger partial charge in [0, 0.05) is 25.2 Å². The number of aromatic nitrogens is 2. The van der Waals surface area contributed by atoms with Crippen LogP contribution in [0.3, 0.4) is 0 Å². The van der Waals surface area contributed by atoms with Crippen LogP contribution >= 0.6 is 0 Å². The lowest BCUT2D eigenvalue weighted by molar-refractivity contribution is 0.539. The van der Waals surface area contributed by atoms with Gasteiger partial charge in [0.05, 0.1) is 5.69 Å². The standard InChI is InChI=1S/C12H23N3/c1-4-5-6-7-11(13)9-12-8-10(2)14-15(12)3/h8,11H,4-7,9,13H2,1-3H3. The van der Waals surface area contributed by atoms with E-state index >= 15 is 0 Å². The molecule has 0 fully saturated rings. The summed E-state index contributed by atoms with van der Waals surface area (Å²) in [4.78, 5) is 0. The summed E-state index contributed by atoms with van der Waals surface area (Å²) in [5.41, 5.74) is 8.41. The van der Waals surface area contributed by atoms with Gasteiger partial charge in [0.25, 0.3) is 0 Å². The summed E-state index contributed by atoms with van der Waals surface area (Å²) < 4.78 is 1.94. The molecule has 0 amide bonds. The predicted octanol–water partition coefficient (Wildman–Crippen LogP) is 2.18. The molecule has 1 aromatic heterocycles. The van der Waals surface area contributed by atoms with Crippen LogP contribution < -0.4 is 5.73 Å². The van der Waals surface area contributed by atoms with Crippen molar-refractivity contribution < 1.29 is 0 Å². The maximum absolute atomic E-state index is 6.08. The molecule has 0 saturated heterocycles. The average molecular weight is 209 g/mol. The molecule has 0 aromatic carbocycles. The van der Waals surface area contributed by atoms with Gasteiger partial charge in [-0.15, -0.1) is 0 Å². The Labute approximate surface area is 92.7 Å². The van der Waals surface area contributed by atoms with Crippen LogP contribution in [0, 0.1) is 6.92 Å². The van der Waals surface area contributed by atoms with Crippen molar-refractivity contribution in [2.45, 2.75) is 52.0 Å². The Kier molecular flexibility index (Phi) is 4.82. The normalized spacial score (nSPS) is 13.1. The Morgan fingerprint density at radius 1 is 1.47 bits per heavy atom. The molecule has 0 saturated carbocycles. The smallest absolute Gasteiger partial charge is 0.0596 e. The van der Waals surface area contributed by atoms with E-state index in [0.717, 1.165) is 18.5 Å². The van der Waals surface area contributed by atoms with Gasteiger partial charge < -0.3 is 5.73 Å². The van der Waals surface area contributed by atoms with Crippen molar-refractivity contribution in [3.05, 3.63) is 17.5 Å². The number of nitrogens with zero attached hydrogens (tertiary/aromatic N) is 2. The highest BCUT2D eigenvalue weighted by Gasteiger charge is 2.07. The highest BCUT2D eigenvalue weighted by molar-refractivity contribution is 5.09. The Balaban J connectivity index is 2.37. The minimum absolute atomic E-state index is 0.284. The molecule has 2 N–H and O–H groups in total. The van der Waals surface area contributed by atoms with E-state index in [0.29, 0.717) is 0 Å². The highest BCUT2D eigenvalue weighted by Crippen LogP contribution is 2.09. The molecule has 0 aliphatic rings. The zero-order valence-corrected chi connectivity index (χ0v) is 10.2. The molecule has 0 radical (unpaired) electrons. The Morgan fingerprint density at radius 2 is 2.20 bits per heavy atom. The third-order valence-corrected chi connectivity index (χ3v) is 2.75. The van der Waals surface area contributed by atoms with Gasteiger partial charge in [0.15, 0.2) is 0 Å². The molecule has 3 heteroatoms. The molecular formula is C12H23N3. The SMILES string of the molecule is CCCCCC(N)Cc1cc(C)nn1C. The van der Waals surface area contributed by atoms with Crippen LogP contribution in [0.4, 0.5) is 0 Å². The second kappa shape index (κ2) is 5.91. The molecule has 86 valence electrons. The maximum Gasteiger partial charge on any atom is 0.0596 e. The fourth-order valence-corrected chi connectivity index (χ4v) is 1.88. The second-order valence-electron chi connectivity index (χ2n) is 4.36. The topological polar surface area (TPSA) is 43.8 Å². The fourth-order valence-electron chi connectivity index (χ4n) is 1.88. The Bertz CT molecular complexity index is 291. The summed E-state index contributed by atoms with van der Waals surface area (Å²) in [5, 5.41) is 4.32. The van der Waals surface area contributed by atoms with E-state index < -0.39 is 0 Å². The zero-order chi connectivity index (χ0) is 11.3. The van der Waals surface area contributed by atoms with Crippen molar-refractivity contribution in [2.24, 2.45) is 12.8 Å².